The van der Waals surface area contributed by atoms with E-state index in [0.717, 1.165) is 0 Å². The van der Waals surface area contributed by atoms with Crippen molar-refractivity contribution < 1.29 is 32.7 Å². The summed E-state index contributed by atoms with van der Waals surface area (Å²) in [4.78, 5) is 7.40. The van der Waals surface area contributed by atoms with E-state index in [2.05, 4.69) is 16.0 Å². The Hall–Kier alpha value is -0.0761. The minimum absolute atomic E-state index is 0. The van der Waals surface area contributed by atoms with Crippen LogP contribution in [0.15, 0.2) is 12.5 Å². The van der Waals surface area contributed by atoms with Crippen LogP contribution in [-0.2, 0) is 32.7 Å². The molecule has 0 saturated carbocycles. The number of nitrogens with zero attached hydrogens (tertiary/aromatic N) is 2. The molecule has 0 amide bonds. The number of aromatic nitrogens is 2. The van der Waals surface area contributed by atoms with Gasteiger partial charge in [0.25, 0.3) is 0 Å². The average Bonchev–Trinajstić information content (AvgIpc) is 1.90. The molecule has 1 aromatic rings. The molecule has 0 unspecified atom stereocenters. The zero-order valence-corrected chi connectivity index (χ0v) is 7.62. The Morgan fingerprint density at radius 2 is 2.44 bits per heavy atom. The molecule has 0 aliphatic rings. The first kappa shape index (κ1) is 8.92. The third-order valence-electron chi connectivity index (χ3n) is 0.708. The second-order valence-corrected chi connectivity index (χ2v) is 1.22. The Labute approximate surface area is 79.3 Å². The van der Waals surface area contributed by atoms with Crippen LogP contribution in [0.25, 0.3) is 6.08 Å². The maximum Gasteiger partial charge on any atom is 0.0915 e. The predicted octanol–water partition coefficient (Wildman–Crippen LogP) is 0.720. The van der Waals surface area contributed by atoms with E-state index in [1.165, 1.54) is 18.6 Å². The largest absolute Gasteiger partial charge is 0.392 e. The topological polar surface area (TPSA) is 25.8 Å². The maximum absolute atomic E-state index is 5.10. The smallest absolute Gasteiger partial charge is 0.0915 e. The second kappa shape index (κ2) is 4.77. The van der Waals surface area contributed by atoms with Crippen molar-refractivity contribution in [3.05, 3.63) is 30.9 Å². The molecule has 0 N–H and O–H groups in total. The van der Waals surface area contributed by atoms with Crippen molar-refractivity contribution in [1.82, 2.24) is 9.97 Å². The molecular weight excluding hydrogens is 189 g/mol. The maximum atomic E-state index is 5.10. The Morgan fingerprint density at radius 3 is 2.78 bits per heavy atom. The molecular formula is C6H4N2Y-2. The van der Waals surface area contributed by atoms with E-state index in [9.17, 15) is 0 Å². The first-order valence-corrected chi connectivity index (χ1v) is 2.16. The van der Waals surface area contributed by atoms with Crippen LogP contribution >= 0.6 is 0 Å². The van der Waals surface area contributed by atoms with Crippen molar-refractivity contribution in [2.75, 3.05) is 0 Å². The van der Waals surface area contributed by atoms with Gasteiger partial charge in [0, 0.05) is 32.7 Å². The van der Waals surface area contributed by atoms with Crippen LogP contribution in [0.3, 0.4) is 0 Å². The van der Waals surface area contributed by atoms with Crippen molar-refractivity contribution in [2.24, 2.45) is 0 Å². The zero-order chi connectivity index (χ0) is 5.82. The van der Waals surface area contributed by atoms with Gasteiger partial charge in [-0.2, -0.15) is 0 Å². The van der Waals surface area contributed by atoms with Crippen LogP contribution in [0.5, 0.6) is 0 Å². The number of hydrogen-bond acceptors (Lipinski definition) is 2. The van der Waals surface area contributed by atoms with Crippen molar-refractivity contribution in [1.29, 1.82) is 0 Å². The van der Waals surface area contributed by atoms with Crippen LogP contribution in [-0.4, -0.2) is 9.97 Å². The SMILES string of the molecule is [CH-]=Cc1[c-]cncn1.[Y]. The monoisotopic (exact) mass is 193 g/mol. The van der Waals surface area contributed by atoms with Gasteiger partial charge in [-0.05, 0) is 0 Å². The molecule has 2 nitrogen and oxygen atoms in total. The van der Waals surface area contributed by atoms with E-state index in [-0.39, 0.29) is 32.7 Å². The first-order valence-electron chi connectivity index (χ1n) is 2.16. The molecule has 0 fully saturated rings. The van der Waals surface area contributed by atoms with E-state index in [4.69, 9.17) is 6.58 Å². The average molecular weight is 193 g/mol. The van der Waals surface area contributed by atoms with Gasteiger partial charge in [-0.3, -0.25) is 10.7 Å². The van der Waals surface area contributed by atoms with Gasteiger partial charge in [-0.15, -0.1) is 0 Å². The fourth-order valence-corrected chi connectivity index (χ4v) is 0.361. The van der Waals surface area contributed by atoms with Crippen molar-refractivity contribution in [3.63, 3.8) is 0 Å². The summed E-state index contributed by atoms with van der Waals surface area (Å²) in [5.41, 5.74) is 0.625. The van der Waals surface area contributed by atoms with Gasteiger partial charge in [0.1, 0.15) is 0 Å². The van der Waals surface area contributed by atoms with E-state index < -0.39 is 0 Å². The van der Waals surface area contributed by atoms with E-state index in [1.54, 1.807) is 0 Å². The molecule has 0 aliphatic heterocycles. The Balaban J connectivity index is 0.000000640. The Kier molecular flexibility index (Phi) is 4.73. The molecule has 0 aliphatic carbocycles. The van der Waals surface area contributed by atoms with Crippen LogP contribution in [0, 0.1) is 12.6 Å². The first-order chi connectivity index (χ1) is 3.93. The van der Waals surface area contributed by atoms with Crippen molar-refractivity contribution in [3.8, 4) is 0 Å². The predicted molar refractivity (Wildman–Crippen MR) is 29.6 cm³/mol. The van der Waals surface area contributed by atoms with Gasteiger partial charge in [-0.1, -0.05) is 6.20 Å². The van der Waals surface area contributed by atoms with Gasteiger partial charge >= 0.3 is 0 Å². The molecule has 0 bridgehead atoms. The molecule has 0 saturated heterocycles. The molecule has 1 radical (unpaired) electrons. The third kappa shape index (κ3) is 2.82. The molecule has 0 aromatic carbocycles. The summed E-state index contributed by atoms with van der Waals surface area (Å²) >= 11 is 0. The quantitative estimate of drug-likeness (QED) is 0.614. The molecule has 3 heteroatoms. The Bertz CT molecular complexity index is 174. The minimum atomic E-state index is 0. The molecule has 43 valence electrons. The zero-order valence-electron chi connectivity index (χ0n) is 4.78. The minimum Gasteiger partial charge on any atom is -0.392 e. The van der Waals surface area contributed by atoms with Gasteiger partial charge in [0.05, 0.1) is 6.33 Å². The summed E-state index contributed by atoms with van der Waals surface area (Å²) in [6.07, 6.45) is 4.32. The van der Waals surface area contributed by atoms with Crippen molar-refractivity contribution in [2.45, 2.75) is 0 Å². The fourth-order valence-electron chi connectivity index (χ4n) is 0.361. The summed E-state index contributed by atoms with van der Waals surface area (Å²) in [7, 11) is 0. The summed E-state index contributed by atoms with van der Waals surface area (Å²) in [6.45, 7) is 5.10. The number of hydrogen-bond donors (Lipinski definition) is 0. The molecule has 1 aromatic heterocycles. The summed E-state index contributed by atoms with van der Waals surface area (Å²) in [5.74, 6) is 0. The molecule has 1 heterocycles. The molecule has 9 heavy (non-hydrogen) atoms. The second-order valence-electron chi connectivity index (χ2n) is 1.22. The fraction of sp³-hybridized carbons (Fsp3) is 0. The van der Waals surface area contributed by atoms with Gasteiger partial charge in [-0.25, -0.2) is 0 Å². The molecule has 0 spiro atoms. The summed E-state index contributed by atoms with van der Waals surface area (Å²) in [6, 6.07) is 2.72. The van der Waals surface area contributed by atoms with Crippen LogP contribution in [0.1, 0.15) is 5.69 Å². The van der Waals surface area contributed by atoms with Gasteiger partial charge in [0.2, 0.25) is 0 Å². The third-order valence-corrected chi connectivity index (χ3v) is 0.708. The van der Waals surface area contributed by atoms with E-state index >= 15 is 0 Å². The van der Waals surface area contributed by atoms with Crippen LogP contribution < -0.4 is 0 Å². The van der Waals surface area contributed by atoms with Crippen LogP contribution in [0.4, 0.5) is 0 Å². The molecule has 0 atom stereocenters. The van der Waals surface area contributed by atoms with E-state index in [1.807, 2.05) is 0 Å². The van der Waals surface area contributed by atoms with Gasteiger partial charge in [0.15, 0.2) is 0 Å². The summed E-state index contributed by atoms with van der Waals surface area (Å²) < 4.78 is 0. The van der Waals surface area contributed by atoms with E-state index in [0.29, 0.717) is 5.69 Å². The summed E-state index contributed by atoms with van der Waals surface area (Å²) in [5, 5.41) is 0. The number of rotatable bonds is 1. The standard InChI is InChI=1S/C6H4N2.Y/c1-2-6-3-4-7-5-8-6;/h1-2,4-5H;/q-2;. The normalized spacial score (nSPS) is 7.56. The van der Waals surface area contributed by atoms with Crippen LogP contribution in [0.2, 0.25) is 0 Å². The molecule has 1 rings (SSSR count). The Morgan fingerprint density at radius 1 is 1.67 bits per heavy atom. The van der Waals surface area contributed by atoms with Crippen molar-refractivity contribution >= 4 is 6.08 Å². The van der Waals surface area contributed by atoms with Gasteiger partial charge < -0.3 is 23.7 Å².